The summed E-state index contributed by atoms with van der Waals surface area (Å²) in [6.07, 6.45) is 0.977. The van der Waals surface area contributed by atoms with Crippen molar-refractivity contribution in [2.45, 2.75) is 24.8 Å². The monoisotopic (exact) mass is 192 g/mol. The van der Waals surface area contributed by atoms with Crippen LogP contribution < -0.4 is 0 Å². The maximum atomic E-state index is 12.3. The highest BCUT2D eigenvalue weighted by Crippen LogP contribution is 2.14. The molecular formula is C6H9FN2O2S. The predicted octanol–water partition coefficient (Wildman–Crippen LogP) is 1.19. The molecule has 12 heavy (non-hydrogen) atoms. The van der Waals surface area contributed by atoms with Gasteiger partial charge in [-0.15, -0.1) is 0 Å². The zero-order chi connectivity index (χ0) is 9.35. The molecule has 0 saturated carbocycles. The highest BCUT2D eigenvalue weighted by Gasteiger charge is 2.15. The molecule has 0 radical (unpaired) electrons. The van der Waals surface area contributed by atoms with Gasteiger partial charge < -0.3 is 4.98 Å². The van der Waals surface area contributed by atoms with Gasteiger partial charge in [0, 0.05) is 5.92 Å². The van der Waals surface area contributed by atoms with Crippen LogP contribution in [-0.4, -0.2) is 18.4 Å². The Morgan fingerprint density at radius 3 is 2.42 bits per heavy atom. The van der Waals surface area contributed by atoms with E-state index in [0.717, 1.165) is 6.20 Å². The number of imidazole rings is 1. The molecule has 0 amide bonds. The van der Waals surface area contributed by atoms with E-state index in [2.05, 4.69) is 9.97 Å². The van der Waals surface area contributed by atoms with Crippen LogP contribution in [0.3, 0.4) is 0 Å². The molecule has 0 fully saturated rings. The van der Waals surface area contributed by atoms with Gasteiger partial charge in [0.25, 0.3) is 0 Å². The quantitative estimate of drug-likeness (QED) is 0.716. The molecule has 1 heterocycles. The van der Waals surface area contributed by atoms with Crippen molar-refractivity contribution in [1.29, 1.82) is 0 Å². The van der Waals surface area contributed by atoms with E-state index in [4.69, 9.17) is 0 Å². The molecule has 0 aliphatic carbocycles. The number of hydrogen-bond donors (Lipinski definition) is 1. The SMILES string of the molecule is CC(C)c1ncc(S(=O)(=O)F)[nH]1. The lowest BCUT2D eigenvalue weighted by Crippen LogP contribution is -1.94. The second kappa shape index (κ2) is 2.85. The molecular weight excluding hydrogens is 183 g/mol. The number of rotatable bonds is 2. The Bertz CT molecular complexity index is 369. The molecule has 0 bridgehead atoms. The van der Waals surface area contributed by atoms with Crippen LogP contribution in [0.1, 0.15) is 25.6 Å². The van der Waals surface area contributed by atoms with Gasteiger partial charge in [0.05, 0.1) is 6.20 Å². The summed E-state index contributed by atoms with van der Waals surface area (Å²) in [6.45, 7) is 3.65. The van der Waals surface area contributed by atoms with Crippen molar-refractivity contribution in [2.75, 3.05) is 0 Å². The van der Waals surface area contributed by atoms with Crippen molar-refractivity contribution in [2.24, 2.45) is 0 Å². The molecule has 0 aliphatic heterocycles. The van der Waals surface area contributed by atoms with Crippen LogP contribution in [0.5, 0.6) is 0 Å². The minimum Gasteiger partial charge on any atom is -0.331 e. The van der Waals surface area contributed by atoms with Crippen LogP contribution in [0.4, 0.5) is 3.89 Å². The number of nitrogens with one attached hydrogen (secondary N) is 1. The van der Waals surface area contributed by atoms with E-state index in [9.17, 15) is 12.3 Å². The van der Waals surface area contributed by atoms with Crippen molar-refractivity contribution >= 4 is 10.2 Å². The molecule has 6 heteroatoms. The van der Waals surface area contributed by atoms with E-state index in [0.29, 0.717) is 5.82 Å². The van der Waals surface area contributed by atoms with Gasteiger partial charge in [-0.1, -0.05) is 17.7 Å². The Balaban J connectivity index is 3.09. The zero-order valence-corrected chi connectivity index (χ0v) is 7.52. The number of hydrogen-bond acceptors (Lipinski definition) is 3. The van der Waals surface area contributed by atoms with Crippen molar-refractivity contribution in [3.63, 3.8) is 0 Å². The Morgan fingerprint density at radius 2 is 2.17 bits per heavy atom. The first-order chi connectivity index (χ1) is 5.41. The highest BCUT2D eigenvalue weighted by atomic mass is 32.3. The average Bonchev–Trinajstić information content (AvgIpc) is 2.30. The molecule has 1 aromatic heterocycles. The van der Waals surface area contributed by atoms with Gasteiger partial charge in [0.1, 0.15) is 5.82 Å². The van der Waals surface area contributed by atoms with E-state index >= 15 is 0 Å². The molecule has 0 spiro atoms. The minimum atomic E-state index is -4.63. The van der Waals surface area contributed by atoms with Gasteiger partial charge in [-0.25, -0.2) is 4.98 Å². The van der Waals surface area contributed by atoms with Crippen LogP contribution in [0.2, 0.25) is 0 Å². The third kappa shape index (κ3) is 1.82. The highest BCUT2D eigenvalue weighted by molar-refractivity contribution is 7.86. The third-order valence-corrected chi connectivity index (χ3v) is 2.11. The van der Waals surface area contributed by atoms with Gasteiger partial charge in [-0.3, -0.25) is 0 Å². The van der Waals surface area contributed by atoms with Crippen LogP contribution >= 0.6 is 0 Å². The number of aromatic amines is 1. The largest absolute Gasteiger partial charge is 0.349 e. The van der Waals surface area contributed by atoms with Crippen molar-refractivity contribution in [3.05, 3.63) is 12.0 Å². The van der Waals surface area contributed by atoms with E-state index in [1.165, 1.54) is 0 Å². The van der Waals surface area contributed by atoms with Crippen molar-refractivity contribution in [1.82, 2.24) is 9.97 Å². The molecule has 1 N–H and O–H groups in total. The fourth-order valence-electron chi connectivity index (χ4n) is 0.736. The van der Waals surface area contributed by atoms with Gasteiger partial charge in [0.15, 0.2) is 5.03 Å². The number of H-pyrrole nitrogens is 1. The maximum absolute atomic E-state index is 12.3. The van der Waals surface area contributed by atoms with Crippen molar-refractivity contribution < 1.29 is 12.3 Å². The molecule has 0 unspecified atom stereocenters. The summed E-state index contributed by atoms with van der Waals surface area (Å²) in [5, 5.41) is -0.480. The Hall–Kier alpha value is -0.910. The van der Waals surface area contributed by atoms with E-state index in [-0.39, 0.29) is 5.92 Å². The van der Waals surface area contributed by atoms with Gasteiger partial charge in [-0.05, 0) is 0 Å². The van der Waals surface area contributed by atoms with Gasteiger partial charge in [0.2, 0.25) is 0 Å². The fraction of sp³-hybridized carbons (Fsp3) is 0.500. The first-order valence-electron chi connectivity index (χ1n) is 3.41. The van der Waals surface area contributed by atoms with Gasteiger partial charge in [-0.2, -0.15) is 8.42 Å². The molecule has 1 rings (SSSR count). The average molecular weight is 192 g/mol. The van der Waals surface area contributed by atoms with E-state index in [1.54, 1.807) is 0 Å². The second-order valence-corrected chi connectivity index (χ2v) is 4.04. The maximum Gasteiger partial charge on any atom is 0.349 e. The fourth-order valence-corrected chi connectivity index (χ4v) is 1.14. The minimum absolute atomic E-state index is 0.0560. The summed E-state index contributed by atoms with van der Waals surface area (Å²) in [5.74, 6) is 0.520. The molecule has 0 aliphatic rings. The topological polar surface area (TPSA) is 62.8 Å². The molecule has 0 saturated heterocycles. The standard InChI is InChI=1S/C6H9FN2O2S/c1-4(2)6-8-3-5(9-6)12(7,10)11/h3-4H,1-2H3,(H,8,9). The number of aromatic nitrogens is 2. The Labute approximate surface area is 70.0 Å². The third-order valence-electron chi connectivity index (χ3n) is 1.38. The number of nitrogens with zero attached hydrogens (tertiary/aromatic N) is 1. The lowest BCUT2D eigenvalue weighted by atomic mass is 10.2. The Morgan fingerprint density at radius 1 is 1.58 bits per heavy atom. The molecule has 0 atom stereocenters. The molecule has 4 nitrogen and oxygen atoms in total. The zero-order valence-electron chi connectivity index (χ0n) is 6.70. The summed E-state index contributed by atoms with van der Waals surface area (Å²) >= 11 is 0. The lowest BCUT2D eigenvalue weighted by Gasteiger charge is -1.96. The summed E-state index contributed by atoms with van der Waals surface area (Å²) in [6, 6.07) is 0. The normalized spacial score (nSPS) is 12.3. The first-order valence-corrected chi connectivity index (χ1v) is 4.79. The first kappa shape index (κ1) is 9.18. The summed E-state index contributed by atoms with van der Waals surface area (Å²) < 4.78 is 33.0. The molecule has 1 aromatic rings. The lowest BCUT2D eigenvalue weighted by molar-refractivity contribution is 0.548. The van der Waals surface area contributed by atoms with E-state index in [1.807, 2.05) is 13.8 Å². The van der Waals surface area contributed by atoms with Crippen LogP contribution in [-0.2, 0) is 10.2 Å². The molecule has 68 valence electrons. The molecule has 0 aromatic carbocycles. The van der Waals surface area contributed by atoms with Crippen LogP contribution in [0, 0.1) is 0 Å². The van der Waals surface area contributed by atoms with Crippen LogP contribution in [0.25, 0.3) is 0 Å². The van der Waals surface area contributed by atoms with Crippen LogP contribution in [0.15, 0.2) is 11.2 Å². The summed E-state index contributed by atoms with van der Waals surface area (Å²) in [4.78, 5) is 6.09. The van der Waals surface area contributed by atoms with E-state index < -0.39 is 15.2 Å². The summed E-state index contributed by atoms with van der Waals surface area (Å²) in [5.41, 5.74) is 0. The number of halogens is 1. The summed E-state index contributed by atoms with van der Waals surface area (Å²) in [7, 11) is -4.63. The smallest absolute Gasteiger partial charge is 0.331 e. The predicted molar refractivity (Wildman–Crippen MR) is 41.0 cm³/mol. The van der Waals surface area contributed by atoms with Gasteiger partial charge >= 0.3 is 10.2 Å². The second-order valence-electron chi connectivity index (χ2n) is 2.73. The Kier molecular flexibility index (Phi) is 2.18. The van der Waals surface area contributed by atoms with Crippen molar-refractivity contribution in [3.8, 4) is 0 Å².